The van der Waals surface area contributed by atoms with Crippen LogP contribution in [0.15, 0.2) is 53.9 Å². The summed E-state index contributed by atoms with van der Waals surface area (Å²) in [5, 5.41) is 7.94. The lowest BCUT2D eigenvalue weighted by atomic mass is 10.1. The normalized spacial score (nSPS) is 10.6. The molecule has 0 unspecified atom stereocenters. The number of hydrogen-bond acceptors (Lipinski definition) is 5. The summed E-state index contributed by atoms with van der Waals surface area (Å²) in [6.07, 6.45) is 0.0840. The molecule has 0 fully saturated rings. The molecule has 3 rings (SSSR count). The molecule has 0 aliphatic heterocycles. The van der Waals surface area contributed by atoms with Crippen molar-refractivity contribution in [2.75, 3.05) is 10.6 Å². The third-order valence-corrected chi connectivity index (χ3v) is 4.47. The van der Waals surface area contributed by atoms with Crippen LogP contribution in [-0.4, -0.2) is 22.9 Å². The number of rotatable bonds is 6. The van der Waals surface area contributed by atoms with Crippen LogP contribution in [0.4, 0.5) is 10.8 Å². The summed E-state index contributed by atoms with van der Waals surface area (Å²) in [5.41, 5.74) is 2.92. The lowest BCUT2D eigenvalue weighted by Gasteiger charge is -2.09. The number of anilines is 2. The monoisotopic (exact) mass is 395 g/mol. The summed E-state index contributed by atoms with van der Waals surface area (Å²) in [5.74, 6) is 0.388. The molecule has 1 aromatic heterocycles. The molecule has 3 aromatic rings. The number of thiazole rings is 1. The molecule has 28 heavy (non-hydrogen) atoms. The Morgan fingerprint density at radius 1 is 1.00 bits per heavy atom. The zero-order valence-corrected chi connectivity index (χ0v) is 16.7. The van der Waals surface area contributed by atoms with Crippen molar-refractivity contribution < 1.29 is 14.3 Å². The fourth-order valence-corrected chi connectivity index (χ4v) is 3.23. The number of benzene rings is 2. The molecule has 0 aliphatic rings. The Labute approximate surface area is 167 Å². The van der Waals surface area contributed by atoms with Crippen molar-refractivity contribution >= 4 is 34.0 Å². The van der Waals surface area contributed by atoms with Gasteiger partial charge in [0.1, 0.15) is 5.75 Å². The van der Waals surface area contributed by atoms with Gasteiger partial charge in [-0.2, -0.15) is 0 Å². The highest BCUT2D eigenvalue weighted by molar-refractivity contribution is 7.14. The molecule has 0 spiro atoms. The Morgan fingerprint density at radius 2 is 1.68 bits per heavy atom. The van der Waals surface area contributed by atoms with E-state index in [1.807, 2.05) is 43.5 Å². The molecule has 0 bridgehead atoms. The van der Waals surface area contributed by atoms with Crippen LogP contribution in [0.2, 0.25) is 0 Å². The molecule has 2 N–H and O–H groups in total. The molecule has 6 nitrogen and oxygen atoms in total. The Hall–Kier alpha value is -3.19. The molecular weight excluding hydrogens is 374 g/mol. The van der Waals surface area contributed by atoms with Crippen molar-refractivity contribution in [3.8, 4) is 17.0 Å². The maximum Gasteiger partial charge on any atom is 0.257 e. The summed E-state index contributed by atoms with van der Waals surface area (Å²) in [6.45, 7) is 5.37. The Morgan fingerprint density at radius 3 is 2.29 bits per heavy atom. The Balaban J connectivity index is 1.65. The minimum atomic E-state index is -0.224. The predicted octanol–water partition coefficient (Wildman–Crippen LogP) is 4.81. The van der Waals surface area contributed by atoms with Crippen molar-refractivity contribution in [2.45, 2.75) is 26.9 Å². The van der Waals surface area contributed by atoms with Crippen molar-refractivity contribution in [3.05, 3.63) is 59.5 Å². The van der Waals surface area contributed by atoms with E-state index in [1.165, 1.54) is 18.3 Å². The van der Waals surface area contributed by atoms with Gasteiger partial charge in [0, 0.05) is 29.1 Å². The lowest BCUT2D eigenvalue weighted by molar-refractivity contribution is -0.114. The third kappa shape index (κ3) is 5.17. The summed E-state index contributed by atoms with van der Waals surface area (Å²) in [4.78, 5) is 28.0. The fraction of sp³-hybridized carbons (Fsp3) is 0.190. The van der Waals surface area contributed by atoms with Crippen molar-refractivity contribution in [2.24, 2.45) is 0 Å². The van der Waals surface area contributed by atoms with E-state index in [4.69, 9.17) is 4.74 Å². The highest BCUT2D eigenvalue weighted by atomic mass is 32.1. The van der Waals surface area contributed by atoms with E-state index >= 15 is 0 Å². The molecule has 1 heterocycles. The van der Waals surface area contributed by atoms with Crippen LogP contribution in [0.5, 0.6) is 5.75 Å². The average molecular weight is 395 g/mol. The first-order chi connectivity index (χ1) is 13.4. The number of carbonyl (C=O) groups excluding carboxylic acids is 2. The van der Waals surface area contributed by atoms with E-state index in [1.54, 1.807) is 24.3 Å². The molecule has 0 atom stereocenters. The number of nitrogens with zero attached hydrogens (tertiary/aromatic N) is 1. The zero-order chi connectivity index (χ0) is 20.1. The molecular formula is C21H21N3O3S. The summed E-state index contributed by atoms with van der Waals surface area (Å²) >= 11 is 1.36. The van der Waals surface area contributed by atoms with E-state index in [9.17, 15) is 9.59 Å². The molecule has 0 radical (unpaired) electrons. The quantitative estimate of drug-likeness (QED) is 0.628. The summed E-state index contributed by atoms with van der Waals surface area (Å²) in [7, 11) is 0. The average Bonchev–Trinajstić information content (AvgIpc) is 3.10. The van der Waals surface area contributed by atoms with E-state index in [-0.39, 0.29) is 17.9 Å². The topological polar surface area (TPSA) is 80.3 Å². The van der Waals surface area contributed by atoms with Crippen molar-refractivity contribution in [1.29, 1.82) is 0 Å². The minimum absolute atomic E-state index is 0.0840. The number of carbonyl (C=O) groups is 2. The fourth-order valence-electron chi connectivity index (χ4n) is 2.52. The van der Waals surface area contributed by atoms with Gasteiger partial charge in [0.15, 0.2) is 5.13 Å². The van der Waals surface area contributed by atoms with Gasteiger partial charge in [0.25, 0.3) is 5.91 Å². The van der Waals surface area contributed by atoms with Crippen LogP contribution >= 0.6 is 11.3 Å². The van der Waals surface area contributed by atoms with Crippen molar-refractivity contribution in [3.63, 3.8) is 0 Å². The maximum absolute atomic E-state index is 12.4. The highest BCUT2D eigenvalue weighted by Gasteiger charge is 2.11. The van der Waals surface area contributed by atoms with Gasteiger partial charge in [-0.3, -0.25) is 14.9 Å². The summed E-state index contributed by atoms with van der Waals surface area (Å²) < 4.78 is 5.58. The Kier molecular flexibility index (Phi) is 6.06. The van der Waals surface area contributed by atoms with Crippen molar-refractivity contribution in [1.82, 2.24) is 4.98 Å². The second kappa shape index (κ2) is 8.67. The largest absolute Gasteiger partial charge is 0.491 e. The highest BCUT2D eigenvalue weighted by Crippen LogP contribution is 2.26. The molecule has 2 amide bonds. The first kappa shape index (κ1) is 19.6. The molecule has 0 aliphatic carbocycles. The second-order valence-corrected chi connectivity index (χ2v) is 7.30. The Bertz CT molecular complexity index is 963. The zero-order valence-electron chi connectivity index (χ0n) is 15.9. The molecule has 144 valence electrons. The van der Waals surface area contributed by atoms with Crippen LogP contribution in [-0.2, 0) is 4.79 Å². The summed E-state index contributed by atoms with van der Waals surface area (Å²) in [6, 6.07) is 14.4. The smallest absolute Gasteiger partial charge is 0.257 e. The van der Waals surface area contributed by atoms with Gasteiger partial charge in [-0.25, -0.2) is 4.98 Å². The molecule has 0 saturated heterocycles. The molecule has 0 saturated carbocycles. The first-order valence-corrected chi connectivity index (χ1v) is 9.70. The minimum Gasteiger partial charge on any atom is -0.491 e. The van der Waals surface area contributed by atoms with Crippen LogP contribution in [0.25, 0.3) is 11.3 Å². The van der Waals surface area contributed by atoms with E-state index in [0.29, 0.717) is 10.7 Å². The van der Waals surface area contributed by atoms with E-state index in [2.05, 4.69) is 15.6 Å². The number of ether oxygens (including phenoxy) is 1. The standard InChI is InChI=1S/C21H21N3O3S/c1-13(2)27-18-10-6-16(7-11-18)20(26)24-21-23-19(12-28-21)15-4-8-17(9-5-15)22-14(3)25/h4-13H,1-3H3,(H,22,25)(H,23,24,26). The van der Waals surface area contributed by atoms with E-state index < -0.39 is 0 Å². The first-order valence-electron chi connectivity index (χ1n) is 8.82. The number of hydrogen-bond donors (Lipinski definition) is 2. The van der Waals surface area contributed by atoms with Gasteiger partial charge in [-0.05, 0) is 50.2 Å². The number of amides is 2. The van der Waals surface area contributed by atoms with Gasteiger partial charge >= 0.3 is 0 Å². The van der Waals surface area contributed by atoms with Gasteiger partial charge < -0.3 is 10.1 Å². The third-order valence-electron chi connectivity index (χ3n) is 3.71. The number of aromatic nitrogens is 1. The van der Waals surface area contributed by atoms with E-state index in [0.717, 1.165) is 22.7 Å². The van der Waals surface area contributed by atoms with Gasteiger partial charge in [0.2, 0.25) is 5.91 Å². The lowest BCUT2D eigenvalue weighted by Crippen LogP contribution is -2.12. The van der Waals surface area contributed by atoms with Crippen LogP contribution < -0.4 is 15.4 Å². The second-order valence-electron chi connectivity index (χ2n) is 6.44. The van der Waals surface area contributed by atoms with Crippen LogP contribution in [0.3, 0.4) is 0 Å². The van der Waals surface area contributed by atoms with Gasteiger partial charge in [-0.15, -0.1) is 11.3 Å². The van der Waals surface area contributed by atoms with Gasteiger partial charge in [-0.1, -0.05) is 12.1 Å². The number of nitrogens with one attached hydrogen (secondary N) is 2. The predicted molar refractivity (Wildman–Crippen MR) is 112 cm³/mol. The van der Waals surface area contributed by atoms with Crippen LogP contribution in [0.1, 0.15) is 31.1 Å². The van der Waals surface area contributed by atoms with Gasteiger partial charge in [0.05, 0.1) is 11.8 Å². The molecule has 2 aromatic carbocycles. The SMILES string of the molecule is CC(=O)Nc1ccc(-c2csc(NC(=O)c3ccc(OC(C)C)cc3)n2)cc1. The molecule has 7 heteroatoms. The maximum atomic E-state index is 12.4. The van der Waals surface area contributed by atoms with Crippen LogP contribution in [0, 0.1) is 0 Å².